The number of benzene rings is 2. The quantitative estimate of drug-likeness (QED) is 0.814. The van der Waals surface area contributed by atoms with Gasteiger partial charge in [-0.25, -0.2) is 0 Å². The highest BCUT2D eigenvalue weighted by Gasteiger charge is 2.12. The fourth-order valence-corrected chi connectivity index (χ4v) is 1.87. The monoisotopic (exact) mass is 244 g/mol. The number of nitrogen functional groups attached to an aromatic ring is 2. The molecule has 4 N–H and O–H groups in total. The molecular weight excluding hydrogens is 228 g/mol. The summed E-state index contributed by atoms with van der Waals surface area (Å²) in [5.74, 6) is 1.46. The largest absolute Gasteiger partial charge is 0.496 e. The molecule has 0 aliphatic carbocycles. The van der Waals surface area contributed by atoms with Crippen molar-refractivity contribution in [2.45, 2.75) is 0 Å². The van der Waals surface area contributed by atoms with Crippen LogP contribution < -0.4 is 20.9 Å². The van der Waals surface area contributed by atoms with E-state index in [1.54, 1.807) is 26.4 Å². The maximum absolute atomic E-state index is 5.82. The van der Waals surface area contributed by atoms with Gasteiger partial charge in [0.25, 0.3) is 0 Å². The lowest BCUT2D eigenvalue weighted by atomic mass is 10.0. The molecule has 18 heavy (non-hydrogen) atoms. The van der Waals surface area contributed by atoms with Crippen molar-refractivity contribution in [1.29, 1.82) is 0 Å². The van der Waals surface area contributed by atoms with Gasteiger partial charge in [-0.2, -0.15) is 0 Å². The van der Waals surface area contributed by atoms with Gasteiger partial charge in [0.1, 0.15) is 11.5 Å². The Kier molecular flexibility index (Phi) is 3.28. The van der Waals surface area contributed by atoms with Crippen LogP contribution in [0.15, 0.2) is 36.4 Å². The van der Waals surface area contributed by atoms with Crippen LogP contribution in [0.2, 0.25) is 0 Å². The summed E-state index contributed by atoms with van der Waals surface area (Å²) in [5, 5.41) is 0. The summed E-state index contributed by atoms with van der Waals surface area (Å²) in [4.78, 5) is 0. The van der Waals surface area contributed by atoms with Gasteiger partial charge in [0.05, 0.1) is 14.2 Å². The molecule has 0 aliphatic heterocycles. The number of hydrogen-bond donors (Lipinski definition) is 2. The Hall–Kier alpha value is -2.36. The molecule has 0 aromatic heterocycles. The fourth-order valence-electron chi connectivity index (χ4n) is 1.87. The van der Waals surface area contributed by atoms with E-state index in [1.807, 2.05) is 24.3 Å². The van der Waals surface area contributed by atoms with Crippen LogP contribution in [0.5, 0.6) is 11.5 Å². The van der Waals surface area contributed by atoms with Gasteiger partial charge in [-0.3, -0.25) is 0 Å². The van der Waals surface area contributed by atoms with E-state index in [1.165, 1.54) is 0 Å². The van der Waals surface area contributed by atoms with E-state index in [2.05, 4.69) is 0 Å². The molecule has 0 spiro atoms. The van der Waals surface area contributed by atoms with Crippen LogP contribution in [0.4, 0.5) is 11.4 Å². The van der Waals surface area contributed by atoms with Gasteiger partial charge in [0.2, 0.25) is 0 Å². The Balaban J connectivity index is 2.67. The Morgan fingerprint density at radius 1 is 0.722 bits per heavy atom. The average Bonchev–Trinajstić information content (AvgIpc) is 2.38. The van der Waals surface area contributed by atoms with E-state index in [0.29, 0.717) is 11.4 Å². The van der Waals surface area contributed by atoms with Crippen molar-refractivity contribution < 1.29 is 9.47 Å². The lowest BCUT2D eigenvalue weighted by molar-refractivity contribution is 0.410. The number of nitrogens with two attached hydrogens (primary N) is 2. The number of rotatable bonds is 3. The number of hydrogen-bond acceptors (Lipinski definition) is 4. The number of anilines is 2. The van der Waals surface area contributed by atoms with Crippen molar-refractivity contribution in [1.82, 2.24) is 0 Å². The van der Waals surface area contributed by atoms with Crippen LogP contribution in [0.1, 0.15) is 0 Å². The maximum Gasteiger partial charge on any atom is 0.126 e. The molecule has 4 nitrogen and oxygen atoms in total. The molecule has 0 fully saturated rings. The van der Waals surface area contributed by atoms with E-state index < -0.39 is 0 Å². The van der Waals surface area contributed by atoms with E-state index in [-0.39, 0.29) is 0 Å². The fraction of sp³-hybridized carbons (Fsp3) is 0.143. The minimum Gasteiger partial charge on any atom is -0.496 e. The molecule has 0 atom stereocenters. The number of ether oxygens (including phenoxy) is 2. The predicted octanol–water partition coefficient (Wildman–Crippen LogP) is 2.54. The van der Waals surface area contributed by atoms with Gasteiger partial charge in [-0.15, -0.1) is 0 Å². The molecule has 2 rings (SSSR count). The van der Waals surface area contributed by atoms with Crippen molar-refractivity contribution in [3.05, 3.63) is 36.4 Å². The Morgan fingerprint density at radius 3 is 1.44 bits per heavy atom. The third-order valence-corrected chi connectivity index (χ3v) is 2.74. The highest BCUT2D eigenvalue weighted by atomic mass is 16.5. The van der Waals surface area contributed by atoms with Gasteiger partial charge >= 0.3 is 0 Å². The minimum absolute atomic E-state index is 0.662. The Morgan fingerprint density at radius 2 is 1.11 bits per heavy atom. The SMILES string of the molecule is COc1ccc(N)cc1-c1cc(N)ccc1OC. The van der Waals surface area contributed by atoms with E-state index in [9.17, 15) is 0 Å². The van der Waals surface area contributed by atoms with Gasteiger partial charge in [-0.05, 0) is 36.4 Å². The van der Waals surface area contributed by atoms with Crippen LogP contribution >= 0.6 is 0 Å². The van der Waals surface area contributed by atoms with Gasteiger partial charge in [0, 0.05) is 22.5 Å². The Bertz CT molecular complexity index is 516. The summed E-state index contributed by atoms with van der Waals surface area (Å²) in [5.41, 5.74) is 14.7. The zero-order chi connectivity index (χ0) is 13.1. The van der Waals surface area contributed by atoms with Crippen molar-refractivity contribution in [2.75, 3.05) is 25.7 Å². The maximum atomic E-state index is 5.82. The molecule has 94 valence electrons. The first-order chi connectivity index (χ1) is 8.65. The molecule has 2 aromatic carbocycles. The third kappa shape index (κ3) is 2.18. The summed E-state index contributed by atoms with van der Waals surface area (Å²) in [7, 11) is 3.24. The molecule has 4 heteroatoms. The summed E-state index contributed by atoms with van der Waals surface area (Å²) in [6.07, 6.45) is 0. The molecule has 2 aromatic rings. The van der Waals surface area contributed by atoms with Crippen molar-refractivity contribution >= 4 is 11.4 Å². The predicted molar refractivity (Wildman–Crippen MR) is 73.8 cm³/mol. The zero-order valence-corrected chi connectivity index (χ0v) is 10.4. The number of methoxy groups -OCH3 is 2. The second-order valence-corrected chi connectivity index (χ2v) is 3.92. The van der Waals surface area contributed by atoms with Crippen LogP contribution in [-0.4, -0.2) is 14.2 Å². The molecule has 0 aliphatic rings. The molecule has 0 heterocycles. The van der Waals surface area contributed by atoms with Crippen molar-refractivity contribution in [3.8, 4) is 22.6 Å². The first-order valence-corrected chi connectivity index (χ1v) is 5.53. The molecule has 0 unspecified atom stereocenters. The van der Waals surface area contributed by atoms with Gasteiger partial charge < -0.3 is 20.9 Å². The van der Waals surface area contributed by atoms with Crippen LogP contribution in [0.25, 0.3) is 11.1 Å². The van der Waals surface area contributed by atoms with Gasteiger partial charge in [0.15, 0.2) is 0 Å². The van der Waals surface area contributed by atoms with Gasteiger partial charge in [-0.1, -0.05) is 0 Å². The average molecular weight is 244 g/mol. The van der Waals surface area contributed by atoms with E-state index in [4.69, 9.17) is 20.9 Å². The van der Waals surface area contributed by atoms with E-state index in [0.717, 1.165) is 22.6 Å². The lowest BCUT2D eigenvalue weighted by Crippen LogP contribution is -1.95. The smallest absolute Gasteiger partial charge is 0.126 e. The third-order valence-electron chi connectivity index (χ3n) is 2.74. The second kappa shape index (κ2) is 4.87. The zero-order valence-electron chi connectivity index (χ0n) is 10.4. The van der Waals surface area contributed by atoms with Crippen LogP contribution in [0.3, 0.4) is 0 Å². The summed E-state index contributed by atoms with van der Waals surface area (Å²) in [6.45, 7) is 0. The van der Waals surface area contributed by atoms with Crippen molar-refractivity contribution in [2.24, 2.45) is 0 Å². The standard InChI is InChI=1S/C14H16N2O2/c1-17-13-5-3-9(15)7-11(13)12-8-10(16)4-6-14(12)18-2/h3-8H,15-16H2,1-2H3. The lowest BCUT2D eigenvalue weighted by Gasteiger charge is -2.13. The Labute approximate surface area is 106 Å². The minimum atomic E-state index is 0.662. The van der Waals surface area contributed by atoms with Crippen molar-refractivity contribution in [3.63, 3.8) is 0 Å². The first kappa shape index (κ1) is 12.1. The van der Waals surface area contributed by atoms with Crippen LogP contribution in [0, 0.1) is 0 Å². The molecule has 0 amide bonds. The molecular formula is C14H16N2O2. The summed E-state index contributed by atoms with van der Waals surface area (Å²) in [6, 6.07) is 10.9. The molecule has 0 radical (unpaired) electrons. The summed E-state index contributed by atoms with van der Waals surface area (Å²) < 4.78 is 10.7. The first-order valence-electron chi connectivity index (χ1n) is 5.53. The second-order valence-electron chi connectivity index (χ2n) is 3.92. The highest BCUT2D eigenvalue weighted by Crippen LogP contribution is 2.38. The summed E-state index contributed by atoms with van der Waals surface area (Å²) >= 11 is 0. The van der Waals surface area contributed by atoms with Crippen LogP contribution in [-0.2, 0) is 0 Å². The molecule has 0 saturated heterocycles. The normalized spacial score (nSPS) is 10.1. The molecule has 0 bridgehead atoms. The topological polar surface area (TPSA) is 70.5 Å². The highest BCUT2D eigenvalue weighted by molar-refractivity contribution is 5.80. The molecule has 0 saturated carbocycles. The van der Waals surface area contributed by atoms with E-state index >= 15 is 0 Å².